The van der Waals surface area contributed by atoms with Crippen LogP contribution >= 0.6 is 0 Å². The molecule has 6 nitrogen and oxygen atoms in total. The van der Waals surface area contributed by atoms with E-state index in [1.807, 2.05) is 30.3 Å². The monoisotopic (exact) mass is 330 g/mol. The van der Waals surface area contributed by atoms with E-state index in [0.29, 0.717) is 6.54 Å². The third kappa shape index (κ3) is 3.40. The molecule has 2 aromatic rings. The van der Waals surface area contributed by atoms with Crippen LogP contribution in [0.25, 0.3) is 0 Å². The van der Waals surface area contributed by atoms with Crippen LogP contribution in [-0.2, 0) is 6.54 Å². The number of rotatable bonds is 5. The fraction of sp³-hybridized carbons (Fsp3) is 0.444. The van der Waals surface area contributed by atoms with Gasteiger partial charge in [0.05, 0.1) is 18.9 Å². The van der Waals surface area contributed by atoms with Gasteiger partial charge in [-0.25, -0.2) is 0 Å². The molecule has 6 heteroatoms. The highest BCUT2D eigenvalue weighted by molar-refractivity contribution is 5.45. The first-order chi connectivity index (χ1) is 11.8. The van der Waals surface area contributed by atoms with E-state index >= 15 is 0 Å². The Balaban J connectivity index is 1.28. The Morgan fingerprint density at radius 2 is 1.79 bits per heavy atom. The molecule has 1 fully saturated rings. The summed E-state index contributed by atoms with van der Waals surface area (Å²) in [4.78, 5) is 4.68. The van der Waals surface area contributed by atoms with E-state index in [9.17, 15) is 5.11 Å². The minimum atomic E-state index is -0.517. The van der Waals surface area contributed by atoms with Gasteiger partial charge in [0.25, 0.3) is 0 Å². The fourth-order valence-corrected chi connectivity index (χ4v) is 3.22. The molecule has 0 amide bonds. The Morgan fingerprint density at radius 3 is 2.58 bits per heavy atom. The van der Waals surface area contributed by atoms with Gasteiger partial charge in [-0.3, -0.25) is 9.80 Å². The Morgan fingerprint density at radius 1 is 1.00 bits per heavy atom. The van der Waals surface area contributed by atoms with E-state index < -0.39 is 6.10 Å². The maximum Gasteiger partial charge on any atom is 0.231 e. The molecule has 0 spiro atoms. The van der Waals surface area contributed by atoms with Crippen molar-refractivity contribution < 1.29 is 19.0 Å². The molecule has 2 aliphatic rings. The van der Waals surface area contributed by atoms with E-state index in [1.54, 1.807) is 6.26 Å². The van der Waals surface area contributed by atoms with Gasteiger partial charge in [-0.05, 0) is 29.8 Å². The summed E-state index contributed by atoms with van der Waals surface area (Å²) < 4.78 is 16.1. The van der Waals surface area contributed by atoms with E-state index in [-0.39, 0.29) is 6.79 Å². The van der Waals surface area contributed by atoms with Gasteiger partial charge < -0.3 is 19.0 Å². The van der Waals surface area contributed by atoms with Gasteiger partial charge in [-0.2, -0.15) is 0 Å². The second kappa shape index (κ2) is 6.84. The van der Waals surface area contributed by atoms with Crippen LogP contribution < -0.4 is 9.47 Å². The Kier molecular flexibility index (Phi) is 4.42. The first-order valence-corrected chi connectivity index (χ1v) is 8.32. The number of hydrogen-bond acceptors (Lipinski definition) is 6. The highest BCUT2D eigenvalue weighted by atomic mass is 16.7. The third-order valence-corrected chi connectivity index (χ3v) is 4.64. The predicted molar refractivity (Wildman–Crippen MR) is 87.9 cm³/mol. The third-order valence-electron chi connectivity index (χ3n) is 4.64. The first-order valence-electron chi connectivity index (χ1n) is 8.32. The molecule has 1 aromatic carbocycles. The van der Waals surface area contributed by atoms with Crippen LogP contribution in [0.5, 0.6) is 11.5 Å². The van der Waals surface area contributed by atoms with Gasteiger partial charge in [-0.15, -0.1) is 0 Å². The molecule has 0 aliphatic carbocycles. The van der Waals surface area contributed by atoms with Crippen molar-refractivity contribution >= 4 is 0 Å². The van der Waals surface area contributed by atoms with Crippen LogP contribution in [0.15, 0.2) is 41.0 Å². The second-order valence-electron chi connectivity index (χ2n) is 6.28. The number of fused-ring (bicyclic) bond motifs is 1. The Bertz CT molecular complexity index is 666. The van der Waals surface area contributed by atoms with Crippen LogP contribution in [0.4, 0.5) is 0 Å². The van der Waals surface area contributed by atoms with Crippen molar-refractivity contribution in [3.8, 4) is 11.5 Å². The Labute approximate surface area is 141 Å². The molecule has 0 unspecified atom stereocenters. The van der Waals surface area contributed by atoms with Crippen molar-refractivity contribution in [1.82, 2.24) is 9.80 Å². The van der Waals surface area contributed by atoms with E-state index in [2.05, 4.69) is 9.80 Å². The average molecular weight is 330 g/mol. The number of furan rings is 1. The number of aliphatic hydroxyl groups excluding tert-OH is 1. The maximum absolute atomic E-state index is 10.5. The van der Waals surface area contributed by atoms with E-state index in [1.165, 1.54) is 0 Å². The summed E-state index contributed by atoms with van der Waals surface area (Å²) in [7, 11) is 0. The second-order valence-corrected chi connectivity index (χ2v) is 6.28. The molecule has 0 bridgehead atoms. The van der Waals surface area contributed by atoms with Crippen molar-refractivity contribution in [3.05, 3.63) is 47.9 Å². The molecule has 2 aliphatic heterocycles. The number of ether oxygens (including phenoxy) is 2. The Hall–Kier alpha value is -2.02. The van der Waals surface area contributed by atoms with Crippen molar-refractivity contribution in [3.63, 3.8) is 0 Å². The normalized spacial score (nSPS) is 19.5. The predicted octanol–water partition coefficient (Wildman–Crippen LogP) is 1.86. The molecule has 1 atom stereocenters. The lowest BCUT2D eigenvalue weighted by Crippen LogP contribution is -2.47. The smallest absolute Gasteiger partial charge is 0.231 e. The molecule has 0 saturated carbocycles. The lowest BCUT2D eigenvalue weighted by molar-refractivity contribution is 0.0677. The molecule has 4 rings (SSSR count). The molecular weight excluding hydrogens is 308 g/mol. The summed E-state index contributed by atoms with van der Waals surface area (Å²) >= 11 is 0. The summed E-state index contributed by atoms with van der Waals surface area (Å²) in [5.74, 6) is 2.47. The van der Waals surface area contributed by atoms with Gasteiger partial charge in [0, 0.05) is 32.7 Å². The summed E-state index contributed by atoms with van der Waals surface area (Å²) in [5, 5.41) is 10.5. The number of benzene rings is 1. The molecule has 24 heavy (non-hydrogen) atoms. The molecule has 1 N–H and O–H groups in total. The van der Waals surface area contributed by atoms with E-state index in [4.69, 9.17) is 13.9 Å². The quantitative estimate of drug-likeness (QED) is 0.903. The summed E-state index contributed by atoms with van der Waals surface area (Å²) in [6.45, 7) is 5.60. The van der Waals surface area contributed by atoms with Crippen LogP contribution in [0.1, 0.15) is 17.4 Å². The van der Waals surface area contributed by atoms with Crippen LogP contribution in [0.3, 0.4) is 0 Å². The molecule has 1 aromatic heterocycles. The minimum absolute atomic E-state index is 0.256. The van der Waals surface area contributed by atoms with Crippen LogP contribution in [0, 0.1) is 0 Å². The number of nitrogens with zero attached hydrogens (tertiary/aromatic N) is 2. The van der Waals surface area contributed by atoms with Gasteiger partial charge >= 0.3 is 0 Å². The largest absolute Gasteiger partial charge is 0.468 e. The van der Waals surface area contributed by atoms with Crippen molar-refractivity contribution in [1.29, 1.82) is 0 Å². The number of piperazine rings is 1. The molecule has 3 heterocycles. The number of hydrogen-bond donors (Lipinski definition) is 1. The average Bonchev–Trinajstić information content (AvgIpc) is 3.27. The molecule has 1 saturated heterocycles. The van der Waals surface area contributed by atoms with Crippen LogP contribution in [0.2, 0.25) is 0 Å². The van der Waals surface area contributed by atoms with Gasteiger partial charge in [0.2, 0.25) is 6.79 Å². The molecular formula is C18H22N2O4. The zero-order chi connectivity index (χ0) is 16.4. The lowest BCUT2D eigenvalue weighted by atomic mass is 10.1. The molecule has 0 radical (unpaired) electrons. The molecule has 128 valence electrons. The lowest BCUT2D eigenvalue weighted by Gasteiger charge is -2.35. The minimum Gasteiger partial charge on any atom is -0.468 e. The topological polar surface area (TPSA) is 58.3 Å². The van der Waals surface area contributed by atoms with Crippen LogP contribution in [-0.4, -0.2) is 54.4 Å². The first kappa shape index (κ1) is 15.5. The number of aliphatic hydroxyl groups is 1. The van der Waals surface area contributed by atoms with Gasteiger partial charge in [0.15, 0.2) is 11.5 Å². The van der Waals surface area contributed by atoms with E-state index in [0.717, 1.165) is 55.5 Å². The summed E-state index contributed by atoms with van der Waals surface area (Å²) in [6, 6.07) is 9.58. The summed E-state index contributed by atoms with van der Waals surface area (Å²) in [5.41, 5.74) is 0.872. The van der Waals surface area contributed by atoms with Crippen molar-refractivity contribution in [2.24, 2.45) is 0 Å². The number of β-amino-alcohol motifs (C(OH)–C–C–N with tert-alkyl or cyclic N) is 1. The standard InChI is InChI=1S/C18H22N2O4/c21-16(14-3-4-17-18(10-14)24-13-23-17)12-20-7-5-19(6-8-20)11-15-2-1-9-22-15/h1-4,9-10,16,21H,5-8,11-13H2/t16-/m1/s1. The van der Waals surface area contributed by atoms with Crippen molar-refractivity contribution in [2.75, 3.05) is 39.5 Å². The zero-order valence-electron chi connectivity index (χ0n) is 13.6. The maximum atomic E-state index is 10.5. The zero-order valence-corrected chi connectivity index (χ0v) is 13.6. The fourth-order valence-electron chi connectivity index (χ4n) is 3.22. The van der Waals surface area contributed by atoms with Gasteiger partial charge in [-0.1, -0.05) is 6.07 Å². The highest BCUT2D eigenvalue weighted by Crippen LogP contribution is 2.34. The van der Waals surface area contributed by atoms with Crippen molar-refractivity contribution in [2.45, 2.75) is 12.6 Å². The highest BCUT2D eigenvalue weighted by Gasteiger charge is 2.22. The SMILES string of the molecule is O[C@H](CN1CCN(Cc2ccco2)CC1)c1ccc2c(c1)OCO2. The van der Waals surface area contributed by atoms with Gasteiger partial charge in [0.1, 0.15) is 5.76 Å². The summed E-state index contributed by atoms with van der Waals surface area (Å²) in [6.07, 6.45) is 1.20.